The van der Waals surface area contributed by atoms with Gasteiger partial charge in [0.1, 0.15) is 5.58 Å². The van der Waals surface area contributed by atoms with Crippen LogP contribution in [0.3, 0.4) is 0 Å². The number of amides is 1. The van der Waals surface area contributed by atoms with Gasteiger partial charge in [-0.05, 0) is 38.5 Å². The van der Waals surface area contributed by atoms with E-state index in [-0.39, 0.29) is 5.91 Å². The number of hydrogen-bond acceptors (Lipinski definition) is 2. The van der Waals surface area contributed by atoms with Gasteiger partial charge in [-0.25, -0.2) is 0 Å². The van der Waals surface area contributed by atoms with Crippen LogP contribution in [0.5, 0.6) is 0 Å². The van der Waals surface area contributed by atoms with Crippen molar-refractivity contribution in [2.24, 2.45) is 0 Å². The second kappa shape index (κ2) is 6.11. The minimum Gasteiger partial charge on any atom is -0.451 e. The molecule has 0 saturated heterocycles. The molecule has 0 atom stereocenters. The topological polar surface area (TPSA) is 33.5 Å². The van der Waals surface area contributed by atoms with Gasteiger partial charge in [0.05, 0.1) is 0 Å². The smallest absolute Gasteiger partial charge is 0.289 e. The van der Waals surface area contributed by atoms with Gasteiger partial charge >= 0.3 is 0 Å². The van der Waals surface area contributed by atoms with Crippen molar-refractivity contribution in [2.75, 3.05) is 19.0 Å². The van der Waals surface area contributed by atoms with Gasteiger partial charge in [0.25, 0.3) is 5.91 Å². The van der Waals surface area contributed by atoms with Crippen LogP contribution in [0.15, 0.2) is 28.7 Å². The van der Waals surface area contributed by atoms with Crippen molar-refractivity contribution >= 4 is 28.5 Å². The maximum Gasteiger partial charge on any atom is 0.289 e. The van der Waals surface area contributed by atoms with Gasteiger partial charge in [-0.1, -0.05) is 11.6 Å². The Morgan fingerprint density at radius 3 is 2.84 bits per heavy atom. The van der Waals surface area contributed by atoms with Gasteiger partial charge in [0.2, 0.25) is 0 Å². The third-order valence-electron chi connectivity index (χ3n) is 3.11. The van der Waals surface area contributed by atoms with Crippen molar-refractivity contribution in [1.29, 1.82) is 0 Å². The average molecular weight is 280 g/mol. The first kappa shape index (κ1) is 13.9. The second-order valence-electron chi connectivity index (χ2n) is 4.58. The molecule has 2 aromatic rings. The Kier molecular flexibility index (Phi) is 4.48. The largest absolute Gasteiger partial charge is 0.451 e. The van der Waals surface area contributed by atoms with Gasteiger partial charge in [-0.2, -0.15) is 0 Å². The Labute approximate surface area is 118 Å². The minimum atomic E-state index is -0.0681. The van der Waals surface area contributed by atoms with E-state index in [4.69, 9.17) is 16.0 Å². The molecule has 0 spiro atoms. The fourth-order valence-electron chi connectivity index (χ4n) is 2.08. The molecule has 0 N–H and O–H groups in total. The summed E-state index contributed by atoms with van der Waals surface area (Å²) in [5.74, 6) is 0.891. The third kappa shape index (κ3) is 3.10. The zero-order valence-corrected chi connectivity index (χ0v) is 12.0. The van der Waals surface area contributed by atoms with Gasteiger partial charge < -0.3 is 9.32 Å². The van der Waals surface area contributed by atoms with Crippen LogP contribution in [0, 0.1) is 6.92 Å². The first-order valence-corrected chi connectivity index (χ1v) is 7.04. The van der Waals surface area contributed by atoms with Crippen LogP contribution >= 0.6 is 11.6 Å². The number of nitrogens with zero attached hydrogens (tertiary/aromatic N) is 1. The van der Waals surface area contributed by atoms with Crippen molar-refractivity contribution in [3.63, 3.8) is 0 Å². The molecule has 0 aliphatic carbocycles. The maximum atomic E-state index is 12.3. The number of halogens is 1. The molecule has 1 aromatic heterocycles. The van der Waals surface area contributed by atoms with E-state index in [1.54, 1.807) is 4.90 Å². The minimum absolute atomic E-state index is 0.0681. The van der Waals surface area contributed by atoms with Crippen molar-refractivity contribution in [3.05, 3.63) is 35.6 Å². The zero-order chi connectivity index (χ0) is 13.8. The molecule has 1 heterocycles. The molecule has 102 valence electrons. The van der Waals surface area contributed by atoms with Gasteiger partial charge in [0.15, 0.2) is 5.76 Å². The standard InChI is InChI=1S/C15H18ClNO2/c1-3-17(8-4-7-16)15(18)14-10-12-9-11(2)5-6-13(12)19-14/h5-6,9-10H,3-4,7-8H2,1-2H3. The molecule has 2 rings (SSSR count). The molecular formula is C15H18ClNO2. The Balaban J connectivity index is 2.24. The summed E-state index contributed by atoms with van der Waals surface area (Å²) in [6.07, 6.45) is 0.792. The summed E-state index contributed by atoms with van der Waals surface area (Å²) in [5, 5.41) is 0.969. The first-order valence-electron chi connectivity index (χ1n) is 6.51. The highest BCUT2D eigenvalue weighted by Gasteiger charge is 2.18. The molecule has 0 aliphatic rings. The Morgan fingerprint density at radius 2 is 2.16 bits per heavy atom. The summed E-state index contributed by atoms with van der Waals surface area (Å²) in [6, 6.07) is 7.71. The average Bonchev–Trinajstić information content (AvgIpc) is 2.82. The molecule has 1 amide bonds. The number of aryl methyl sites for hydroxylation is 1. The molecule has 0 radical (unpaired) electrons. The van der Waals surface area contributed by atoms with Crippen LogP contribution < -0.4 is 0 Å². The van der Waals surface area contributed by atoms with E-state index >= 15 is 0 Å². The van der Waals surface area contributed by atoms with E-state index in [1.165, 1.54) is 0 Å². The fourth-order valence-corrected chi connectivity index (χ4v) is 2.20. The number of carbonyl (C=O) groups is 1. The second-order valence-corrected chi connectivity index (χ2v) is 4.96. The zero-order valence-electron chi connectivity index (χ0n) is 11.3. The van der Waals surface area contributed by atoms with E-state index < -0.39 is 0 Å². The SMILES string of the molecule is CCN(CCCCl)C(=O)c1cc2cc(C)ccc2o1. The Bertz CT molecular complexity index is 577. The number of hydrogen-bond donors (Lipinski definition) is 0. The predicted octanol–water partition coefficient (Wildman–Crippen LogP) is 3.83. The van der Waals surface area contributed by atoms with Crippen molar-refractivity contribution in [3.8, 4) is 0 Å². The van der Waals surface area contributed by atoms with Crippen LogP contribution in [0.1, 0.15) is 29.5 Å². The molecular weight excluding hydrogens is 262 g/mol. The molecule has 0 bridgehead atoms. The van der Waals surface area contributed by atoms with Crippen LogP contribution in [0.4, 0.5) is 0 Å². The summed E-state index contributed by atoms with van der Waals surface area (Å²) in [5.41, 5.74) is 1.91. The number of rotatable bonds is 5. The first-order chi connectivity index (χ1) is 9.15. The van der Waals surface area contributed by atoms with Crippen LogP contribution in [-0.4, -0.2) is 29.8 Å². The van der Waals surface area contributed by atoms with E-state index in [2.05, 4.69) is 0 Å². The lowest BCUT2D eigenvalue weighted by molar-refractivity contribution is 0.0735. The van der Waals surface area contributed by atoms with Gasteiger partial charge in [0, 0.05) is 24.4 Å². The Morgan fingerprint density at radius 1 is 1.37 bits per heavy atom. The van der Waals surface area contributed by atoms with E-state index in [0.29, 0.717) is 24.7 Å². The number of benzene rings is 1. The number of alkyl halides is 1. The molecule has 0 saturated carbocycles. The molecule has 1 aromatic carbocycles. The summed E-state index contributed by atoms with van der Waals surface area (Å²) >= 11 is 5.67. The van der Waals surface area contributed by atoms with Crippen molar-refractivity contribution < 1.29 is 9.21 Å². The lowest BCUT2D eigenvalue weighted by atomic mass is 10.2. The summed E-state index contributed by atoms with van der Waals surface area (Å²) in [4.78, 5) is 14.1. The predicted molar refractivity (Wildman–Crippen MR) is 77.9 cm³/mol. The molecule has 4 heteroatoms. The number of fused-ring (bicyclic) bond motifs is 1. The molecule has 19 heavy (non-hydrogen) atoms. The van der Waals surface area contributed by atoms with E-state index in [9.17, 15) is 4.79 Å². The van der Waals surface area contributed by atoms with E-state index in [0.717, 1.165) is 23.0 Å². The van der Waals surface area contributed by atoms with Crippen LogP contribution in [-0.2, 0) is 0 Å². The highest BCUT2D eigenvalue weighted by molar-refractivity contribution is 6.17. The number of furan rings is 1. The van der Waals surface area contributed by atoms with E-state index in [1.807, 2.05) is 38.1 Å². The van der Waals surface area contributed by atoms with Crippen molar-refractivity contribution in [2.45, 2.75) is 20.3 Å². The lowest BCUT2D eigenvalue weighted by Crippen LogP contribution is -2.31. The van der Waals surface area contributed by atoms with Gasteiger partial charge in [-0.3, -0.25) is 4.79 Å². The van der Waals surface area contributed by atoms with Gasteiger partial charge in [-0.15, -0.1) is 11.6 Å². The number of carbonyl (C=O) groups excluding carboxylic acids is 1. The fraction of sp³-hybridized carbons (Fsp3) is 0.400. The van der Waals surface area contributed by atoms with Crippen molar-refractivity contribution in [1.82, 2.24) is 4.90 Å². The normalized spacial score (nSPS) is 10.9. The third-order valence-corrected chi connectivity index (χ3v) is 3.38. The highest BCUT2D eigenvalue weighted by atomic mass is 35.5. The monoisotopic (exact) mass is 279 g/mol. The maximum absolute atomic E-state index is 12.3. The molecule has 3 nitrogen and oxygen atoms in total. The molecule has 0 unspecified atom stereocenters. The lowest BCUT2D eigenvalue weighted by Gasteiger charge is -2.18. The summed E-state index contributed by atoms with van der Waals surface area (Å²) in [7, 11) is 0. The highest BCUT2D eigenvalue weighted by Crippen LogP contribution is 2.21. The van der Waals surface area contributed by atoms with Crippen LogP contribution in [0.25, 0.3) is 11.0 Å². The van der Waals surface area contributed by atoms with Crippen LogP contribution in [0.2, 0.25) is 0 Å². The quantitative estimate of drug-likeness (QED) is 0.779. The molecule has 0 aliphatic heterocycles. The summed E-state index contributed by atoms with van der Waals surface area (Å²) in [6.45, 7) is 5.30. The summed E-state index contributed by atoms with van der Waals surface area (Å²) < 4.78 is 5.62. The molecule has 0 fully saturated rings. The Hall–Kier alpha value is -1.48.